The van der Waals surface area contributed by atoms with Crippen LogP contribution in [0.2, 0.25) is 5.02 Å². The zero-order valence-electron chi connectivity index (χ0n) is 14.1. The van der Waals surface area contributed by atoms with Crippen LogP contribution >= 0.6 is 11.6 Å². The van der Waals surface area contributed by atoms with E-state index >= 15 is 0 Å². The molecule has 0 spiro atoms. The Bertz CT molecular complexity index is 643. The van der Waals surface area contributed by atoms with Crippen molar-refractivity contribution in [2.75, 3.05) is 25.0 Å². The summed E-state index contributed by atoms with van der Waals surface area (Å²) in [6.45, 7) is 2.23. The number of carbonyl (C=O) groups is 2. The van der Waals surface area contributed by atoms with Gasteiger partial charge in [-0.3, -0.25) is 9.59 Å². The molecule has 1 aromatic carbocycles. The Morgan fingerprint density at radius 3 is 2.56 bits per heavy atom. The summed E-state index contributed by atoms with van der Waals surface area (Å²) in [6.07, 6.45) is 4.15. The smallest absolute Gasteiger partial charge is 0.225 e. The second kappa shape index (κ2) is 8.15. The van der Waals surface area contributed by atoms with Crippen LogP contribution in [-0.4, -0.2) is 42.4 Å². The first kappa shape index (κ1) is 18.1. The summed E-state index contributed by atoms with van der Waals surface area (Å²) < 4.78 is 13.7. The lowest BCUT2D eigenvalue weighted by atomic mass is 9.96. The third-order valence-corrected chi connectivity index (χ3v) is 4.98. The SMILES string of the molecule is O=C(CCN1CCC(C(=O)NC2CC2)CC1)Nc1ccc(Cl)cc1F. The standard InChI is InChI=1S/C18H23ClFN3O2/c19-13-1-4-16(15(20)11-13)22-17(24)7-10-23-8-5-12(6-9-23)18(25)21-14-2-3-14/h1,4,11-12,14H,2-3,5-10H2,(H,21,25)(H,22,24). The van der Waals surface area contributed by atoms with E-state index in [4.69, 9.17) is 11.6 Å². The molecule has 25 heavy (non-hydrogen) atoms. The van der Waals surface area contributed by atoms with Crippen LogP contribution in [0.4, 0.5) is 10.1 Å². The molecule has 0 atom stereocenters. The van der Waals surface area contributed by atoms with Gasteiger partial charge in [0.2, 0.25) is 11.8 Å². The van der Waals surface area contributed by atoms with E-state index < -0.39 is 5.82 Å². The van der Waals surface area contributed by atoms with Crippen molar-refractivity contribution in [1.82, 2.24) is 10.2 Å². The van der Waals surface area contributed by atoms with E-state index in [1.807, 2.05) is 0 Å². The maximum atomic E-state index is 13.7. The topological polar surface area (TPSA) is 61.4 Å². The number of nitrogens with one attached hydrogen (secondary N) is 2. The molecule has 2 amide bonds. The van der Waals surface area contributed by atoms with Gasteiger partial charge >= 0.3 is 0 Å². The fraction of sp³-hybridized carbons (Fsp3) is 0.556. The summed E-state index contributed by atoms with van der Waals surface area (Å²) in [5.74, 6) is -0.495. The van der Waals surface area contributed by atoms with Crippen LogP contribution in [0.15, 0.2) is 18.2 Å². The highest BCUT2D eigenvalue weighted by Gasteiger charge is 2.29. The predicted octanol–water partition coefficient (Wildman–Crippen LogP) is 2.80. The number of benzene rings is 1. The minimum absolute atomic E-state index is 0.0915. The lowest BCUT2D eigenvalue weighted by molar-refractivity contribution is -0.126. The van der Waals surface area contributed by atoms with Crippen molar-refractivity contribution < 1.29 is 14.0 Å². The Morgan fingerprint density at radius 2 is 1.92 bits per heavy atom. The Balaban J connectivity index is 1.37. The molecular formula is C18H23ClFN3O2. The first-order valence-electron chi connectivity index (χ1n) is 8.79. The molecule has 2 aliphatic rings. The average molecular weight is 368 g/mol. The number of amides is 2. The van der Waals surface area contributed by atoms with Crippen molar-refractivity contribution >= 4 is 29.1 Å². The molecule has 2 fully saturated rings. The molecule has 1 saturated heterocycles. The molecule has 0 bridgehead atoms. The molecule has 1 saturated carbocycles. The number of hydrogen-bond acceptors (Lipinski definition) is 3. The maximum absolute atomic E-state index is 13.7. The van der Waals surface area contributed by atoms with Crippen LogP contribution in [0.5, 0.6) is 0 Å². The van der Waals surface area contributed by atoms with E-state index in [1.54, 1.807) is 0 Å². The van der Waals surface area contributed by atoms with Crippen molar-refractivity contribution in [2.45, 2.75) is 38.1 Å². The predicted molar refractivity (Wildman–Crippen MR) is 95.0 cm³/mol. The third-order valence-electron chi connectivity index (χ3n) is 4.74. The Hall–Kier alpha value is -1.66. The number of halogens is 2. The first-order chi connectivity index (χ1) is 12.0. The first-order valence-corrected chi connectivity index (χ1v) is 9.16. The average Bonchev–Trinajstić information content (AvgIpc) is 3.40. The van der Waals surface area contributed by atoms with E-state index in [1.165, 1.54) is 18.2 Å². The van der Waals surface area contributed by atoms with Crippen LogP contribution in [0.1, 0.15) is 32.1 Å². The third kappa shape index (κ3) is 5.41. The van der Waals surface area contributed by atoms with E-state index in [0.29, 0.717) is 24.0 Å². The number of rotatable bonds is 6. The van der Waals surface area contributed by atoms with E-state index in [-0.39, 0.29) is 23.4 Å². The highest BCUT2D eigenvalue weighted by Crippen LogP contribution is 2.23. The van der Waals surface area contributed by atoms with E-state index in [0.717, 1.165) is 38.8 Å². The van der Waals surface area contributed by atoms with Gasteiger partial charge in [0, 0.05) is 29.9 Å². The highest BCUT2D eigenvalue weighted by atomic mass is 35.5. The second-order valence-corrected chi connectivity index (χ2v) is 7.26. The normalized spacial score (nSPS) is 18.8. The monoisotopic (exact) mass is 367 g/mol. The van der Waals surface area contributed by atoms with Crippen molar-refractivity contribution in [2.24, 2.45) is 5.92 Å². The zero-order chi connectivity index (χ0) is 17.8. The van der Waals surface area contributed by atoms with Crippen molar-refractivity contribution in [3.05, 3.63) is 29.0 Å². The van der Waals surface area contributed by atoms with Crippen molar-refractivity contribution in [3.63, 3.8) is 0 Å². The fourth-order valence-electron chi connectivity index (χ4n) is 3.03. The number of nitrogens with zero attached hydrogens (tertiary/aromatic N) is 1. The lowest BCUT2D eigenvalue weighted by Crippen LogP contribution is -2.41. The molecule has 5 nitrogen and oxygen atoms in total. The van der Waals surface area contributed by atoms with Gasteiger partial charge in [0.25, 0.3) is 0 Å². The quantitative estimate of drug-likeness (QED) is 0.812. The minimum atomic E-state index is -0.539. The van der Waals surface area contributed by atoms with Crippen LogP contribution < -0.4 is 10.6 Å². The molecule has 1 aliphatic heterocycles. The Labute approximate surface area is 151 Å². The zero-order valence-corrected chi connectivity index (χ0v) is 14.8. The molecule has 0 radical (unpaired) electrons. The molecule has 3 rings (SSSR count). The number of hydrogen-bond donors (Lipinski definition) is 2. The van der Waals surface area contributed by atoms with Gasteiger partial charge in [0.15, 0.2) is 0 Å². The van der Waals surface area contributed by atoms with Crippen molar-refractivity contribution in [3.8, 4) is 0 Å². The number of carbonyl (C=O) groups excluding carboxylic acids is 2. The molecule has 2 N–H and O–H groups in total. The Kier molecular flexibility index (Phi) is 5.91. The van der Waals surface area contributed by atoms with Crippen LogP contribution in [0.25, 0.3) is 0 Å². The minimum Gasteiger partial charge on any atom is -0.353 e. The van der Waals surface area contributed by atoms with Gasteiger partial charge in [-0.1, -0.05) is 11.6 Å². The van der Waals surface area contributed by atoms with E-state index in [2.05, 4.69) is 15.5 Å². The van der Waals surface area contributed by atoms with Gasteiger partial charge in [0.1, 0.15) is 5.82 Å². The molecule has 1 aliphatic carbocycles. The molecule has 0 aromatic heterocycles. The summed E-state index contributed by atoms with van der Waals surface area (Å²) in [7, 11) is 0. The number of likely N-dealkylation sites (tertiary alicyclic amines) is 1. The Morgan fingerprint density at radius 1 is 1.20 bits per heavy atom. The van der Waals surface area contributed by atoms with Crippen LogP contribution in [0.3, 0.4) is 0 Å². The largest absolute Gasteiger partial charge is 0.353 e. The number of anilines is 1. The second-order valence-electron chi connectivity index (χ2n) is 6.82. The molecular weight excluding hydrogens is 345 g/mol. The molecule has 136 valence electrons. The summed E-state index contributed by atoms with van der Waals surface area (Å²) in [4.78, 5) is 26.2. The molecule has 1 aromatic rings. The van der Waals surface area contributed by atoms with Crippen molar-refractivity contribution in [1.29, 1.82) is 0 Å². The van der Waals surface area contributed by atoms with Gasteiger partial charge < -0.3 is 15.5 Å². The fourth-order valence-corrected chi connectivity index (χ4v) is 3.19. The lowest BCUT2D eigenvalue weighted by Gasteiger charge is -2.31. The van der Waals surface area contributed by atoms with Crippen LogP contribution in [-0.2, 0) is 9.59 Å². The van der Waals surface area contributed by atoms with Gasteiger partial charge in [-0.15, -0.1) is 0 Å². The van der Waals surface area contributed by atoms with Gasteiger partial charge in [-0.25, -0.2) is 4.39 Å². The summed E-state index contributed by atoms with van der Waals surface area (Å²) >= 11 is 5.69. The van der Waals surface area contributed by atoms with Gasteiger partial charge in [-0.2, -0.15) is 0 Å². The molecule has 1 heterocycles. The maximum Gasteiger partial charge on any atom is 0.225 e. The summed E-state index contributed by atoms with van der Waals surface area (Å²) in [5, 5.41) is 5.92. The highest BCUT2D eigenvalue weighted by molar-refractivity contribution is 6.30. The summed E-state index contributed by atoms with van der Waals surface area (Å²) in [6, 6.07) is 4.58. The van der Waals surface area contributed by atoms with Crippen LogP contribution in [0, 0.1) is 11.7 Å². The summed E-state index contributed by atoms with van der Waals surface area (Å²) in [5.41, 5.74) is 0.143. The molecule has 7 heteroatoms. The molecule has 0 unspecified atom stereocenters. The number of piperidine rings is 1. The van der Waals surface area contributed by atoms with E-state index in [9.17, 15) is 14.0 Å². The van der Waals surface area contributed by atoms with Gasteiger partial charge in [0.05, 0.1) is 5.69 Å². The van der Waals surface area contributed by atoms with Gasteiger partial charge in [-0.05, 0) is 57.0 Å².